The maximum Gasteiger partial charge on any atom is 0.407 e. The van der Waals surface area contributed by atoms with Crippen molar-refractivity contribution in [3.8, 4) is 0 Å². The van der Waals surface area contributed by atoms with Crippen LogP contribution in [0.25, 0.3) is 0 Å². The van der Waals surface area contributed by atoms with E-state index in [1.165, 1.54) is 11.1 Å². The lowest BCUT2D eigenvalue weighted by Crippen LogP contribution is -2.49. The maximum absolute atomic E-state index is 10.9. The van der Waals surface area contributed by atoms with Crippen LogP contribution in [0, 0.1) is 0 Å². The van der Waals surface area contributed by atoms with Crippen molar-refractivity contribution in [3.05, 3.63) is 22.7 Å². The number of aromatic nitrogens is 6. The average molecular weight is 444 g/mol. The molecule has 1 amide bonds. The minimum atomic E-state index is -0.901. The number of carboxylic acid groups (broad SMARTS) is 1. The zero-order valence-corrected chi connectivity index (χ0v) is 16.9. The fourth-order valence-electron chi connectivity index (χ4n) is 2.70. The van der Waals surface area contributed by atoms with Crippen molar-refractivity contribution < 1.29 is 14.6 Å². The number of nitrogens with zero attached hydrogens (tertiary/aromatic N) is 9. The number of rotatable bonds is 2. The van der Waals surface area contributed by atoms with Crippen LogP contribution in [0.1, 0.15) is 0 Å². The molecule has 0 spiro atoms. The molecule has 2 fully saturated rings. The summed E-state index contributed by atoms with van der Waals surface area (Å²) in [6.07, 6.45) is 0.581. The second kappa shape index (κ2) is 10.3. The third-order valence-electron chi connectivity index (χ3n) is 4.18. The van der Waals surface area contributed by atoms with Gasteiger partial charge < -0.3 is 24.5 Å². The average Bonchev–Trinajstić information content (AvgIpc) is 2.75. The third-order valence-corrected chi connectivity index (χ3v) is 4.55. The van der Waals surface area contributed by atoms with Crippen LogP contribution in [0.4, 0.5) is 16.7 Å². The van der Waals surface area contributed by atoms with E-state index < -0.39 is 6.09 Å². The molecule has 2 aliphatic rings. The van der Waals surface area contributed by atoms with E-state index in [4.69, 9.17) is 33.0 Å². The first-order chi connectivity index (χ1) is 14.0. The fourth-order valence-corrected chi connectivity index (χ4v) is 2.94. The minimum Gasteiger partial charge on any atom is -0.465 e. The highest BCUT2D eigenvalue weighted by molar-refractivity contribution is 6.29. The third kappa shape index (κ3) is 6.21. The highest BCUT2D eigenvalue weighted by atomic mass is 35.5. The summed E-state index contributed by atoms with van der Waals surface area (Å²) in [7, 11) is 0. The van der Waals surface area contributed by atoms with Crippen molar-refractivity contribution in [1.82, 2.24) is 35.3 Å². The molecule has 0 aliphatic carbocycles. The minimum absolute atomic E-state index is 0.146. The van der Waals surface area contributed by atoms with Gasteiger partial charge in [0.1, 0.15) is 0 Å². The number of ether oxygens (including phenoxy) is 1. The molecule has 4 rings (SSSR count). The largest absolute Gasteiger partial charge is 0.465 e. The van der Waals surface area contributed by atoms with Gasteiger partial charge in [-0.2, -0.15) is 15.0 Å². The first kappa shape index (κ1) is 21.1. The lowest BCUT2D eigenvalue weighted by molar-refractivity contribution is 0.122. The first-order valence-electron chi connectivity index (χ1n) is 8.80. The molecule has 2 aliphatic heterocycles. The van der Waals surface area contributed by atoms with E-state index in [9.17, 15) is 4.79 Å². The molecule has 0 radical (unpaired) electrons. The van der Waals surface area contributed by atoms with Gasteiger partial charge in [-0.3, -0.25) is 0 Å². The van der Waals surface area contributed by atoms with Crippen molar-refractivity contribution in [2.45, 2.75) is 0 Å². The van der Waals surface area contributed by atoms with Gasteiger partial charge >= 0.3 is 6.09 Å². The molecule has 14 heteroatoms. The highest BCUT2D eigenvalue weighted by Crippen LogP contribution is 2.19. The molecule has 0 unspecified atom stereocenters. The smallest absolute Gasteiger partial charge is 0.407 e. The second-order valence-corrected chi connectivity index (χ2v) is 6.73. The number of carbonyl (C=O) groups is 1. The summed E-state index contributed by atoms with van der Waals surface area (Å²) in [5.41, 5.74) is 0. The number of hydrogen-bond donors (Lipinski definition) is 1. The van der Waals surface area contributed by atoms with Crippen LogP contribution in [0.5, 0.6) is 0 Å². The van der Waals surface area contributed by atoms with Gasteiger partial charge in [0, 0.05) is 39.3 Å². The molecule has 4 heterocycles. The summed E-state index contributed by atoms with van der Waals surface area (Å²) in [4.78, 5) is 29.1. The Kier molecular flexibility index (Phi) is 7.49. The molecular weight excluding hydrogens is 425 g/mol. The van der Waals surface area contributed by atoms with Crippen molar-refractivity contribution >= 4 is 41.2 Å². The van der Waals surface area contributed by atoms with Gasteiger partial charge in [-0.15, -0.1) is 10.2 Å². The van der Waals surface area contributed by atoms with Gasteiger partial charge in [0.15, 0.2) is 5.15 Å². The van der Waals surface area contributed by atoms with E-state index >= 15 is 0 Å². The Bertz CT molecular complexity index is 803. The van der Waals surface area contributed by atoms with Crippen LogP contribution >= 0.6 is 23.2 Å². The zero-order valence-electron chi connectivity index (χ0n) is 15.4. The monoisotopic (exact) mass is 443 g/mol. The van der Waals surface area contributed by atoms with Crippen LogP contribution in [0.2, 0.25) is 10.4 Å². The fraction of sp³-hybridized carbons (Fsp3) is 0.533. The van der Waals surface area contributed by atoms with Crippen molar-refractivity contribution in [2.24, 2.45) is 0 Å². The quantitative estimate of drug-likeness (QED) is 0.701. The summed E-state index contributed by atoms with van der Waals surface area (Å²) < 4.78 is 5.31. The standard InChI is InChI=1S/C12H17ClN6O3.C3H2ClN3/c13-9-14-10(17-1-3-19(4-2-17)12(20)21)16-11(15-9)18-5-7-22-8-6-18;4-3-1-2-5-7-6-3/h1-8H2,(H,20,21);1-2H. The Balaban J connectivity index is 0.000000290. The topological polar surface area (TPSA) is 134 Å². The molecule has 2 aromatic heterocycles. The molecule has 0 atom stereocenters. The Morgan fingerprint density at radius 1 is 0.966 bits per heavy atom. The van der Waals surface area contributed by atoms with Crippen LogP contribution in [-0.4, -0.2) is 98.9 Å². The SMILES string of the molecule is Clc1ccnnn1.O=C(O)N1CCN(c2nc(Cl)nc(N3CCOCC3)n2)CC1. The molecule has 156 valence electrons. The summed E-state index contributed by atoms with van der Waals surface area (Å²) >= 11 is 11.3. The van der Waals surface area contributed by atoms with Crippen molar-refractivity contribution in [2.75, 3.05) is 62.3 Å². The summed E-state index contributed by atoms with van der Waals surface area (Å²) in [5.74, 6) is 1.03. The Hall–Kier alpha value is -2.57. The molecule has 0 aromatic carbocycles. The van der Waals surface area contributed by atoms with Crippen LogP contribution in [0.3, 0.4) is 0 Å². The van der Waals surface area contributed by atoms with Gasteiger partial charge in [0.25, 0.3) is 0 Å². The molecule has 29 heavy (non-hydrogen) atoms. The molecule has 12 nitrogen and oxygen atoms in total. The van der Waals surface area contributed by atoms with Gasteiger partial charge in [-0.05, 0) is 22.9 Å². The van der Waals surface area contributed by atoms with E-state index in [0.717, 1.165) is 0 Å². The molecule has 2 saturated heterocycles. The van der Waals surface area contributed by atoms with Crippen LogP contribution in [0.15, 0.2) is 12.3 Å². The lowest BCUT2D eigenvalue weighted by atomic mass is 10.3. The maximum atomic E-state index is 10.9. The predicted octanol–water partition coefficient (Wildman–Crippen LogP) is 0.687. The number of morpholine rings is 1. The number of piperazine rings is 1. The van der Waals surface area contributed by atoms with Gasteiger partial charge in [0.2, 0.25) is 17.2 Å². The van der Waals surface area contributed by atoms with E-state index in [2.05, 4.69) is 30.4 Å². The predicted molar refractivity (Wildman–Crippen MR) is 105 cm³/mol. The van der Waals surface area contributed by atoms with Gasteiger partial charge in [-0.1, -0.05) is 11.6 Å². The Labute approximate surface area is 176 Å². The highest BCUT2D eigenvalue weighted by Gasteiger charge is 2.24. The van der Waals surface area contributed by atoms with E-state index in [-0.39, 0.29) is 5.28 Å². The summed E-state index contributed by atoms with van der Waals surface area (Å²) in [6, 6.07) is 1.56. The van der Waals surface area contributed by atoms with E-state index in [1.807, 2.05) is 9.80 Å². The van der Waals surface area contributed by atoms with Gasteiger partial charge in [0.05, 0.1) is 19.4 Å². The van der Waals surface area contributed by atoms with E-state index in [1.54, 1.807) is 6.07 Å². The van der Waals surface area contributed by atoms with E-state index in [0.29, 0.717) is 69.5 Å². The van der Waals surface area contributed by atoms with Crippen LogP contribution < -0.4 is 9.80 Å². The number of anilines is 2. The van der Waals surface area contributed by atoms with Crippen LogP contribution in [-0.2, 0) is 4.74 Å². The van der Waals surface area contributed by atoms with Gasteiger partial charge in [-0.25, -0.2) is 4.79 Å². The Morgan fingerprint density at radius 2 is 1.59 bits per heavy atom. The number of amides is 1. The molecule has 0 bridgehead atoms. The molecule has 1 N–H and O–H groups in total. The number of hydrogen-bond acceptors (Lipinski definition) is 10. The molecular formula is C15H19Cl2N9O3. The van der Waals surface area contributed by atoms with Crippen molar-refractivity contribution in [3.63, 3.8) is 0 Å². The molecule has 2 aromatic rings. The molecule has 0 saturated carbocycles. The normalized spacial score (nSPS) is 16.8. The summed E-state index contributed by atoms with van der Waals surface area (Å²) in [6.45, 7) is 4.62. The first-order valence-corrected chi connectivity index (χ1v) is 9.55. The second-order valence-electron chi connectivity index (χ2n) is 6.00. The van der Waals surface area contributed by atoms with Crippen molar-refractivity contribution in [1.29, 1.82) is 0 Å². The number of halogens is 2. The summed E-state index contributed by atoms with van der Waals surface area (Å²) in [5, 5.41) is 19.5. The zero-order chi connectivity index (χ0) is 20.6. The Morgan fingerprint density at radius 3 is 2.07 bits per heavy atom. The lowest BCUT2D eigenvalue weighted by Gasteiger charge is -2.33.